The van der Waals surface area contributed by atoms with E-state index >= 15 is 0 Å². The van der Waals surface area contributed by atoms with Gasteiger partial charge in [-0.2, -0.15) is 5.10 Å². The molecule has 1 aliphatic rings. The van der Waals surface area contributed by atoms with Gasteiger partial charge in [-0.15, -0.1) is 0 Å². The van der Waals surface area contributed by atoms with Gasteiger partial charge in [0.15, 0.2) is 5.13 Å². The molecule has 7 nitrogen and oxygen atoms in total. The summed E-state index contributed by atoms with van der Waals surface area (Å²) in [6.45, 7) is 0.963. The third kappa shape index (κ3) is 4.35. The second-order valence-electron chi connectivity index (χ2n) is 6.54. The number of thiazole rings is 1. The monoisotopic (exact) mass is 436 g/mol. The van der Waals surface area contributed by atoms with Gasteiger partial charge in [0, 0.05) is 23.0 Å². The Morgan fingerprint density at radius 2 is 2.25 bits per heavy atom. The summed E-state index contributed by atoms with van der Waals surface area (Å²) in [5.41, 5.74) is 1.32. The zero-order valence-electron chi connectivity index (χ0n) is 14.9. The van der Waals surface area contributed by atoms with Crippen LogP contribution in [0.3, 0.4) is 0 Å². The number of amides is 1. The number of aromatic nitrogens is 4. The number of carbonyl (C=O) groups excluding carboxylic acids is 1. The average molecular weight is 437 g/mol. The van der Waals surface area contributed by atoms with E-state index in [4.69, 9.17) is 23.2 Å². The zero-order chi connectivity index (χ0) is 19.5. The van der Waals surface area contributed by atoms with Gasteiger partial charge in [0.1, 0.15) is 23.3 Å². The number of benzene rings is 1. The van der Waals surface area contributed by atoms with Crippen LogP contribution in [0.4, 0.5) is 5.13 Å². The summed E-state index contributed by atoms with van der Waals surface area (Å²) in [5, 5.41) is 12.7. The molecule has 0 radical (unpaired) electrons. The van der Waals surface area contributed by atoms with Gasteiger partial charge in [0.25, 0.3) is 0 Å². The van der Waals surface area contributed by atoms with Crippen molar-refractivity contribution in [3.63, 3.8) is 0 Å². The van der Waals surface area contributed by atoms with Gasteiger partial charge < -0.3 is 10.6 Å². The Morgan fingerprint density at radius 1 is 1.36 bits per heavy atom. The number of carbonyl (C=O) groups is 1. The van der Waals surface area contributed by atoms with Crippen molar-refractivity contribution in [1.82, 2.24) is 25.1 Å². The minimum absolute atomic E-state index is 0.0629. The molecule has 0 aliphatic carbocycles. The van der Waals surface area contributed by atoms with E-state index < -0.39 is 0 Å². The van der Waals surface area contributed by atoms with Crippen LogP contribution in [0.15, 0.2) is 30.9 Å². The van der Waals surface area contributed by atoms with Crippen LogP contribution in [0, 0.1) is 0 Å². The maximum absolute atomic E-state index is 12.5. The lowest BCUT2D eigenvalue weighted by molar-refractivity contribution is -0.116. The Hall–Kier alpha value is -2.00. The summed E-state index contributed by atoms with van der Waals surface area (Å²) in [6, 6.07) is 5.43. The van der Waals surface area contributed by atoms with Gasteiger partial charge in [-0.3, -0.25) is 4.79 Å². The Bertz CT molecular complexity index is 969. The number of piperidine rings is 1. The van der Waals surface area contributed by atoms with Gasteiger partial charge >= 0.3 is 0 Å². The van der Waals surface area contributed by atoms with Gasteiger partial charge in [-0.25, -0.2) is 14.6 Å². The molecule has 2 aromatic heterocycles. The standard InChI is InChI=1S/C18H18Cl2N6OS/c19-11-4-5-13(14(20)7-11)16-17(26-10-21-9-23-26)28-18(25-16)24-15(27)8-12-3-1-2-6-22-12/h4-5,7,9-10,12,22H,1-3,6,8H2,(H,24,25,27). The van der Waals surface area contributed by atoms with Crippen LogP contribution in [0.1, 0.15) is 25.7 Å². The second-order valence-corrected chi connectivity index (χ2v) is 8.36. The van der Waals surface area contributed by atoms with Crippen molar-refractivity contribution >= 4 is 45.6 Å². The van der Waals surface area contributed by atoms with Crippen LogP contribution in [0.5, 0.6) is 0 Å². The fourth-order valence-corrected chi connectivity index (χ4v) is 4.61. The molecule has 0 bridgehead atoms. The SMILES string of the molecule is O=C(CC1CCCCN1)Nc1nc(-c2ccc(Cl)cc2Cl)c(-n2cncn2)s1. The highest BCUT2D eigenvalue weighted by atomic mass is 35.5. The number of halogens is 2. The smallest absolute Gasteiger partial charge is 0.227 e. The van der Waals surface area contributed by atoms with Crippen molar-refractivity contribution in [1.29, 1.82) is 0 Å². The van der Waals surface area contributed by atoms with Gasteiger partial charge in [0.2, 0.25) is 5.91 Å². The maximum atomic E-state index is 12.5. The predicted molar refractivity (Wildman–Crippen MR) is 111 cm³/mol. The van der Waals surface area contributed by atoms with Crippen LogP contribution in [-0.2, 0) is 4.79 Å². The van der Waals surface area contributed by atoms with Crippen LogP contribution in [-0.4, -0.2) is 38.2 Å². The van der Waals surface area contributed by atoms with Crippen molar-refractivity contribution in [3.8, 4) is 16.3 Å². The van der Waals surface area contributed by atoms with Crippen molar-refractivity contribution in [2.75, 3.05) is 11.9 Å². The molecule has 2 N–H and O–H groups in total. The van der Waals surface area contributed by atoms with E-state index in [0.29, 0.717) is 37.9 Å². The number of anilines is 1. The Balaban J connectivity index is 1.61. The quantitative estimate of drug-likeness (QED) is 0.626. The molecule has 3 heterocycles. The summed E-state index contributed by atoms with van der Waals surface area (Å²) in [6.07, 6.45) is 6.78. The van der Waals surface area contributed by atoms with Crippen LogP contribution < -0.4 is 10.6 Å². The Labute approximate surface area is 176 Å². The van der Waals surface area contributed by atoms with Crippen molar-refractivity contribution in [2.45, 2.75) is 31.7 Å². The first-order valence-corrected chi connectivity index (χ1v) is 10.5. The summed E-state index contributed by atoms with van der Waals surface area (Å²) in [4.78, 5) is 21.1. The van der Waals surface area contributed by atoms with Crippen molar-refractivity contribution < 1.29 is 4.79 Å². The normalized spacial score (nSPS) is 16.9. The molecule has 3 aromatic rings. The van der Waals surface area contributed by atoms with E-state index in [1.54, 1.807) is 29.2 Å². The lowest BCUT2D eigenvalue weighted by Crippen LogP contribution is -2.36. The molecule has 1 aliphatic heterocycles. The van der Waals surface area contributed by atoms with Crippen molar-refractivity contribution in [2.24, 2.45) is 0 Å². The minimum Gasteiger partial charge on any atom is -0.313 e. The van der Waals surface area contributed by atoms with E-state index in [2.05, 4.69) is 25.7 Å². The second kappa shape index (κ2) is 8.57. The highest BCUT2D eigenvalue weighted by molar-refractivity contribution is 7.18. The summed E-state index contributed by atoms with van der Waals surface area (Å²) < 4.78 is 1.61. The zero-order valence-corrected chi connectivity index (χ0v) is 17.2. The highest BCUT2D eigenvalue weighted by Gasteiger charge is 2.21. The summed E-state index contributed by atoms with van der Waals surface area (Å²) in [7, 11) is 0. The summed E-state index contributed by atoms with van der Waals surface area (Å²) >= 11 is 13.7. The molecule has 146 valence electrons. The van der Waals surface area contributed by atoms with Crippen LogP contribution >= 0.6 is 34.5 Å². The third-order valence-corrected chi connectivity index (χ3v) is 6.02. The van der Waals surface area contributed by atoms with E-state index in [1.165, 1.54) is 17.7 Å². The third-order valence-electron chi connectivity index (χ3n) is 4.51. The molecular formula is C18H18Cl2N6OS. The van der Waals surface area contributed by atoms with Gasteiger partial charge in [0.05, 0.1) is 5.02 Å². The number of hydrogen-bond donors (Lipinski definition) is 2. The summed E-state index contributed by atoms with van der Waals surface area (Å²) in [5.74, 6) is -0.0629. The molecule has 10 heteroatoms. The fourth-order valence-electron chi connectivity index (χ4n) is 3.18. The largest absolute Gasteiger partial charge is 0.313 e. The van der Waals surface area contributed by atoms with Crippen LogP contribution in [0.25, 0.3) is 16.3 Å². The predicted octanol–water partition coefficient (Wildman–Crippen LogP) is 4.17. The molecular weight excluding hydrogens is 419 g/mol. The van der Waals surface area contributed by atoms with Crippen molar-refractivity contribution in [3.05, 3.63) is 40.9 Å². The topological polar surface area (TPSA) is 84.7 Å². The molecule has 1 atom stereocenters. The van der Waals surface area contributed by atoms with E-state index in [0.717, 1.165) is 25.8 Å². The molecule has 1 unspecified atom stereocenters. The van der Waals surface area contributed by atoms with E-state index in [1.807, 2.05) is 0 Å². The van der Waals surface area contributed by atoms with Crippen LogP contribution in [0.2, 0.25) is 10.0 Å². The Morgan fingerprint density at radius 3 is 2.96 bits per heavy atom. The molecule has 0 spiro atoms. The molecule has 4 rings (SSSR count). The first-order chi connectivity index (χ1) is 13.6. The number of hydrogen-bond acceptors (Lipinski definition) is 6. The number of nitrogens with zero attached hydrogens (tertiary/aromatic N) is 4. The van der Waals surface area contributed by atoms with E-state index in [-0.39, 0.29) is 11.9 Å². The first kappa shape index (κ1) is 19.3. The van der Waals surface area contributed by atoms with E-state index in [9.17, 15) is 4.79 Å². The molecule has 1 fully saturated rings. The van der Waals surface area contributed by atoms with Gasteiger partial charge in [-0.05, 0) is 37.6 Å². The first-order valence-electron chi connectivity index (χ1n) is 8.94. The lowest BCUT2D eigenvalue weighted by atomic mass is 10.0. The molecule has 1 saturated heterocycles. The molecule has 1 amide bonds. The minimum atomic E-state index is -0.0629. The maximum Gasteiger partial charge on any atom is 0.227 e. The number of nitrogens with one attached hydrogen (secondary N) is 2. The molecule has 1 aromatic carbocycles. The highest BCUT2D eigenvalue weighted by Crippen LogP contribution is 2.38. The fraction of sp³-hybridized carbons (Fsp3) is 0.333. The molecule has 0 saturated carbocycles. The number of rotatable bonds is 5. The van der Waals surface area contributed by atoms with Gasteiger partial charge in [-0.1, -0.05) is 41.0 Å². The average Bonchev–Trinajstić information content (AvgIpc) is 3.32. The molecule has 28 heavy (non-hydrogen) atoms. The lowest BCUT2D eigenvalue weighted by Gasteiger charge is -2.22. The Kier molecular flexibility index (Phi) is 5.91.